The molecule has 4 nitrogen and oxygen atoms in total. The van der Waals surface area contributed by atoms with Gasteiger partial charge in [0.15, 0.2) is 0 Å². The van der Waals surface area contributed by atoms with Crippen molar-refractivity contribution in [2.45, 2.75) is 96.7 Å². The largest absolute Gasteiger partial charge is 0.353 e. The second-order valence-electron chi connectivity index (χ2n) is 11.2. The van der Waals surface area contributed by atoms with Crippen LogP contribution in [0.3, 0.4) is 0 Å². The Hall–Kier alpha value is -1.81. The molecule has 0 radical (unpaired) electrons. The summed E-state index contributed by atoms with van der Waals surface area (Å²) in [5.41, 5.74) is 4.36. The SMILES string of the molecule is CCCN1C[C@H](C(=O)NC2CCCC(C)C2)C[C@@H]2c3cccc4c3c(cn4C(C)C)C[C@H]21. The molecular weight excluding hydrogens is 394 g/mol. The normalized spacial score (nSPS) is 30.5. The van der Waals surface area contributed by atoms with Gasteiger partial charge in [-0.2, -0.15) is 0 Å². The molecule has 1 amide bonds. The Morgan fingerprint density at radius 1 is 1.22 bits per heavy atom. The van der Waals surface area contributed by atoms with Crippen LogP contribution in [0.2, 0.25) is 0 Å². The van der Waals surface area contributed by atoms with Gasteiger partial charge in [0.05, 0.1) is 5.92 Å². The van der Waals surface area contributed by atoms with E-state index in [1.165, 1.54) is 34.9 Å². The van der Waals surface area contributed by atoms with E-state index in [2.05, 4.69) is 66.9 Å². The van der Waals surface area contributed by atoms with Gasteiger partial charge in [-0.05, 0) is 75.6 Å². The van der Waals surface area contributed by atoms with Crippen molar-refractivity contribution in [1.29, 1.82) is 0 Å². The molecule has 3 aliphatic rings. The zero-order valence-electron chi connectivity index (χ0n) is 20.4. The lowest BCUT2D eigenvalue weighted by molar-refractivity contribution is -0.128. The van der Waals surface area contributed by atoms with Gasteiger partial charge >= 0.3 is 0 Å². The molecule has 2 aliphatic carbocycles. The fraction of sp³-hybridized carbons (Fsp3) is 0.679. The van der Waals surface area contributed by atoms with E-state index in [1.54, 1.807) is 0 Å². The van der Waals surface area contributed by atoms with Crippen molar-refractivity contribution >= 4 is 16.8 Å². The Bertz CT molecular complexity index is 976. The maximum Gasteiger partial charge on any atom is 0.224 e. The molecule has 174 valence electrons. The average Bonchev–Trinajstić information content (AvgIpc) is 3.14. The molecule has 0 bridgehead atoms. The number of nitrogens with zero attached hydrogens (tertiary/aromatic N) is 2. The monoisotopic (exact) mass is 435 g/mol. The number of nitrogens with one attached hydrogen (secondary N) is 1. The summed E-state index contributed by atoms with van der Waals surface area (Å²) < 4.78 is 2.45. The third-order valence-corrected chi connectivity index (χ3v) is 8.44. The van der Waals surface area contributed by atoms with E-state index in [4.69, 9.17) is 0 Å². The molecule has 1 saturated heterocycles. The standard InChI is InChI=1S/C28H41N3O/c1-5-12-30-16-21(28(32)29-22-9-6-8-19(4)13-22)14-24-23-10-7-11-25-27(23)20(15-26(24)30)17-31(25)18(2)3/h7,10-11,17-19,21-22,24,26H,5-6,8-9,12-16H2,1-4H3,(H,29,32)/t19?,21-,22?,24-,26-/m1/s1. The fourth-order valence-corrected chi connectivity index (χ4v) is 6.98. The van der Waals surface area contributed by atoms with Crippen molar-refractivity contribution in [2.24, 2.45) is 11.8 Å². The Balaban J connectivity index is 1.44. The fourth-order valence-electron chi connectivity index (χ4n) is 6.98. The topological polar surface area (TPSA) is 37.3 Å². The van der Waals surface area contributed by atoms with E-state index in [1.807, 2.05) is 0 Å². The van der Waals surface area contributed by atoms with Crippen LogP contribution >= 0.6 is 0 Å². The average molecular weight is 436 g/mol. The van der Waals surface area contributed by atoms with E-state index < -0.39 is 0 Å². The first-order valence-electron chi connectivity index (χ1n) is 13.1. The Labute approximate surface area is 193 Å². The van der Waals surface area contributed by atoms with Gasteiger partial charge < -0.3 is 9.88 Å². The van der Waals surface area contributed by atoms with Crippen molar-refractivity contribution in [2.75, 3.05) is 13.1 Å². The zero-order valence-corrected chi connectivity index (χ0v) is 20.4. The maximum atomic E-state index is 13.4. The molecule has 1 aliphatic heterocycles. The third kappa shape index (κ3) is 3.89. The van der Waals surface area contributed by atoms with Crippen LogP contribution < -0.4 is 5.32 Å². The maximum absolute atomic E-state index is 13.4. The molecule has 5 atom stereocenters. The zero-order chi connectivity index (χ0) is 22.4. The molecule has 1 N–H and O–H groups in total. The minimum absolute atomic E-state index is 0.101. The van der Waals surface area contributed by atoms with Crippen LogP contribution in [-0.2, 0) is 11.2 Å². The van der Waals surface area contributed by atoms with Crippen LogP contribution in [0.4, 0.5) is 0 Å². The molecule has 1 aromatic carbocycles. The molecule has 2 aromatic rings. The number of benzene rings is 1. The smallest absolute Gasteiger partial charge is 0.224 e. The highest BCUT2D eigenvalue weighted by molar-refractivity contribution is 5.89. The van der Waals surface area contributed by atoms with Gasteiger partial charge in [-0.3, -0.25) is 9.69 Å². The van der Waals surface area contributed by atoms with E-state index in [9.17, 15) is 4.79 Å². The van der Waals surface area contributed by atoms with Crippen molar-refractivity contribution in [3.63, 3.8) is 0 Å². The van der Waals surface area contributed by atoms with E-state index >= 15 is 0 Å². The summed E-state index contributed by atoms with van der Waals surface area (Å²) in [6.07, 6.45) is 10.5. The number of carbonyl (C=O) groups is 1. The third-order valence-electron chi connectivity index (χ3n) is 8.44. The molecular formula is C28H41N3O. The minimum Gasteiger partial charge on any atom is -0.353 e. The number of piperidine rings is 1. The molecule has 0 spiro atoms. The second-order valence-corrected chi connectivity index (χ2v) is 11.2. The molecule has 2 unspecified atom stereocenters. The van der Waals surface area contributed by atoms with E-state index in [-0.39, 0.29) is 5.92 Å². The van der Waals surface area contributed by atoms with E-state index in [0.29, 0.717) is 30.0 Å². The Morgan fingerprint density at radius 2 is 2.06 bits per heavy atom. The highest BCUT2D eigenvalue weighted by Gasteiger charge is 2.43. The first kappa shape index (κ1) is 22.0. The summed E-state index contributed by atoms with van der Waals surface area (Å²) in [6.45, 7) is 11.1. The van der Waals surface area contributed by atoms with Gasteiger partial charge in [0.25, 0.3) is 0 Å². The highest BCUT2D eigenvalue weighted by atomic mass is 16.2. The first-order chi connectivity index (χ1) is 15.5. The highest BCUT2D eigenvalue weighted by Crippen LogP contribution is 2.46. The lowest BCUT2D eigenvalue weighted by Crippen LogP contribution is -2.54. The molecule has 1 saturated carbocycles. The van der Waals surface area contributed by atoms with Crippen LogP contribution in [0.15, 0.2) is 24.4 Å². The van der Waals surface area contributed by atoms with Gasteiger partial charge in [-0.15, -0.1) is 0 Å². The van der Waals surface area contributed by atoms with Crippen molar-refractivity contribution in [1.82, 2.24) is 14.8 Å². The van der Waals surface area contributed by atoms with Crippen LogP contribution in [-0.4, -0.2) is 40.5 Å². The number of hydrogen-bond donors (Lipinski definition) is 1. The minimum atomic E-state index is 0.101. The van der Waals surface area contributed by atoms with Gasteiger partial charge in [-0.1, -0.05) is 38.8 Å². The number of fused-ring (bicyclic) bond motifs is 2. The lowest BCUT2D eigenvalue weighted by atomic mass is 9.72. The predicted octanol–water partition coefficient (Wildman–Crippen LogP) is 5.66. The number of hydrogen-bond acceptors (Lipinski definition) is 2. The van der Waals surface area contributed by atoms with Gasteiger partial charge in [0, 0.05) is 47.7 Å². The summed E-state index contributed by atoms with van der Waals surface area (Å²) in [6, 6.07) is 8.23. The number of amides is 1. The molecule has 32 heavy (non-hydrogen) atoms. The molecule has 4 heteroatoms. The van der Waals surface area contributed by atoms with Crippen molar-refractivity contribution in [3.05, 3.63) is 35.5 Å². The molecule has 2 fully saturated rings. The van der Waals surface area contributed by atoms with Crippen LogP contribution in [0.25, 0.3) is 10.9 Å². The Kier molecular flexibility index (Phi) is 6.09. The quantitative estimate of drug-likeness (QED) is 0.658. The number of carbonyl (C=O) groups excluding carboxylic acids is 1. The predicted molar refractivity (Wildman–Crippen MR) is 132 cm³/mol. The van der Waals surface area contributed by atoms with Gasteiger partial charge in [0.1, 0.15) is 0 Å². The molecule has 1 aromatic heterocycles. The van der Waals surface area contributed by atoms with E-state index in [0.717, 1.165) is 51.1 Å². The van der Waals surface area contributed by atoms with Crippen molar-refractivity contribution < 1.29 is 4.79 Å². The second kappa shape index (κ2) is 8.85. The summed E-state index contributed by atoms with van der Waals surface area (Å²) in [5.74, 6) is 1.60. The number of rotatable bonds is 5. The van der Waals surface area contributed by atoms with Crippen LogP contribution in [0, 0.1) is 11.8 Å². The first-order valence-corrected chi connectivity index (χ1v) is 13.1. The summed E-state index contributed by atoms with van der Waals surface area (Å²) >= 11 is 0. The van der Waals surface area contributed by atoms with Crippen LogP contribution in [0.5, 0.6) is 0 Å². The number of likely N-dealkylation sites (tertiary alicyclic amines) is 1. The summed E-state index contributed by atoms with van der Waals surface area (Å²) in [5, 5.41) is 4.94. The summed E-state index contributed by atoms with van der Waals surface area (Å²) in [4.78, 5) is 16.1. The van der Waals surface area contributed by atoms with Crippen LogP contribution in [0.1, 0.15) is 89.3 Å². The molecule has 5 rings (SSSR count). The molecule has 2 heterocycles. The van der Waals surface area contributed by atoms with Gasteiger partial charge in [-0.25, -0.2) is 0 Å². The van der Waals surface area contributed by atoms with Gasteiger partial charge in [0.2, 0.25) is 5.91 Å². The van der Waals surface area contributed by atoms with Crippen molar-refractivity contribution in [3.8, 4) is 0 Å². The number of aromatic nitrogens is 1. The summed E-state index contributed by atoms with van der Waals surface area (Å²) in [7, 11) is 0. The Morgan fingerprint density at radius 3 is 2.81 bits per heavy atom. The lowest BCUT2D eigenvalue weighted by Gasteiger charge is -2.47.